The van der Waals surface area contributed by atoms with Crippen LogP contribution < -0.4 is 11.1 Å². The van der Waals surface area contributed by atoms with Gasteiger partial charge in [-0.1, -0.05) is 13.3 Å². The Bertz CT molecular complexity index is 371. The highest BCUT2D eigenvalue weighted by Crippen LogP contribution is 2.30. The van der Waals surface area contributed by atoms with Crippen molar-refractivity contribution in [2.24, 2.45) is 17.6 Å². The molecule has 0 spiro atoms. The summed E-state index contributed by atoms with van der Waals surface area (Å²) in [4.78, 5) is 25.5. The van der Waals surface area contributed by atoms with E-state index in [2.05, 4.69) is 10.2 Å². The average molecular weight is 295 g/mol. The third-order valence-electron chi connectivity index (χ3n) is 5.08. The smallest absolute Gasteiger partial charge is 0.220 e. The number of rotatable bonds is 6. The van der Waals surface area contributed by atoms with E-state index in [-0.39, 0.29) is 17.7 Å². The van der Waals surface area contributed by atoms with Gasteiger partial charge in [0, 0.05) is 24.9 Å². The Kier molecular flexibility index (Phi) is 6.03. The molecule has 2 aliphatic rings. The number of amides is 2. The van der Waals surface area contributed by atoms with E-state index in [1.807, 2.05) is 0 Å². The molecular weight excluding hydrogens is 266 g/mol. The number of nitrogens with one attached hydrogen (secondary N) is 1. The lowest BCUT2D eigenvalue weighted by atomic mass is 9.83. The molecule has 5 nitrogen and oxygen atoms in total. The van der Waals surface area contributed by atoms with Crippen molar-refractivity contribution in [3.05, 3.63) is 0 Å². The van der Waals surface area contributed by atoms with E-state index in [0.29, 0.717) is 24.8 Å². The van der Waals surface area contributed by atoms with E-state index in [1.54, 1.807) is 6.92 Å². The maximum Gasteiger partial charge on any atom is 0.220 e. The normalized spacial score (nSPS) is 27.7. The summed E-state index contributed by atoms with van der Waals surface area (Å²) in [6.07, 6.45) is 7.32. The Morgan fingerprint density at radius 1 is 1.24 bits per heavy atom. The summed E-state index contributed by atoms with van der Waals surface area (Å²) in [7, 11) is 0. The van der Waals surface area contributed by atoms with Crippen LogP contribution in [0.4, 0.5) is 0 Å². The molecule has 3 N–H and O–H groups in total. The minimum atomic E-state index is -0.326. The highest BCUT2D eigenvalue weighted by molar-refractivity contribution is 5.79. The molecule has 0 saturated carbocycles. The molecule has 3 atom stereocenters. The fourth-order valence-electron chi connectivity index (χ4n) is 3.64. The molecule has 0 bridgehead atoms. The molecule has 2 unspecified atom stereocenters. The van der Waals surface area contributed by atoms with Crippen LogP contribution in [0.15, 0.2) is 0 Å². The monoisotopic (exact) mass is 295 g/mol. The number of hydrogen-bond acceptors (Lipinski definition) is 3. The Morgan fingerprint density at radius 3 is 2.76 bits per heavy atom. The number of primary amides is 1. The van der Waals surface area contributed by atoms with Crippen LogP contribution in [0.1, 0.15) is 51.9 Å². The standard InChI is InChI=1S/C16H29N3O2/c1-12(16(17)21)7-8-15(20)18-11-13-5-4-10-19-9-3-2-6-14(13)19/h12-14H,2-11H2,1H3,(H2,17,21)(H,18,20)/t12?,13?,14-/m0/s1. The highest BCUT2D eigenvalue weighted by atomic mass is 16.2. The minimum Gasteiger partial charge on any atom is -0.369 e. The average Bonchev–Trinajstić information content (AvgIpc) is 2.50. The molecule has 2 rings (SSSR count). The molecule has 0 aromatic heterocycles. The van der Waals surface area contributed by atoms with E-state index in [0.717, 1.165) is 6.54 Å². The molecule has 0 aliphatic carbocycles. The van der Waals surface area contributed by atoms with Crippen LogP contribution in [0, 0.1) is 11.8 Å². The first kappa shape index (κ1) is 16.3. The molecule has 5 heteroatoms. The second-order valence-corrected chi connectivity index (χ2v) is 6.65. The lowest BCUT2D eigenvalue weighted by Gasteiger charge is -2.44. The summed E-state index contributed by atoms with van der Waals surface area (Å²) < 4.78 is 0. The Balaban J connectivity index is 1.71. The quantitative estimate of drug-likeness (QED) is 0.775. The number of carbonyl (C=O) groups is 2. The van der Waals surface area contributed by atoms with Crippen LogP contribution in [0.25, 0.3) is 0 Å². The molecule has 0 aromatic carbocycles. The maximum absolute atomic E-state index is 11.9. The molecule has 2 aliphatic heterocycles. The van der Waals surface area contributed by atoms with E-state index >= 15 is 0 Å². The lowest BCUT2D eigenvalue weighted by Crippen LogP contribution is -2.51. The number of piperidine rings is 2. The lowest BCUT2D eigenvalue weighted by molar-refractivity contribution is -0.123. The number of carbonyl (C=O) groups excluding carboxylic acids is 2. The van der Waals surface area contributed by atoms with Crippen LogP contribution >= 0.6 is 0 Å². The van der Waals surface area contributed by atoms with Gasteiger partial charge in [-0.2, -0.15) is 0 Å². The van der Waals surface area contributed by atoms with E-state index in [4.69, 9.17) is 5.73 Å². The summed E-state index contributed by atoms with van der Waals surface area (Å²) in [5.74, 6) is 0.0970. The van der Waals surface area contributed by atoms with Gasteiger partial charge in [-0.15, -0.1) is 0 Å². The van der Waals surface area contributed by atoms with Gasteiger partial charge >= 0.3 is 0 Å². The minimum absolute atomic E-state index is 0.0519. The van der Waals surface area contributed by atoms with Gasteiger partial charge in [0.15, 0.2) is 0 Å². The van der Waals surface area contributed by atoms with Crippen molar-refractivity contribution in [2.45, 2.75) is 57.9 Å². The predicted octanol–water partition coefficient (Wildman–Crippen LogP) is 1.27. The van der Waals surface area contributed by atoms with Gasteiger partial charge in [0.05, 0.1) is 0 Å². The van der Waals surface area contributed by atoms with Crippen molar-refractivity contribution < 1.29 is 9.59 Å². The van der Waals surface area contributed by atoms with Gasteiger partial charge in [-0.05, 0) is 51.1 Å². The van der Waals surface area contributed by atoms with Crippen molar-refractivity contribution >= 4 is 11.8 Å². The number of nitrogens with two attached hydrogens (primary N) is 1. The van der Waals surface area contributed by atoms with Gasteiger partial charge in [0.1, 0.15) is 0 Å². The zero-order chi connectivity index (χ0) is 15.2. The van der Waals surface area contributed by atoms with Gasteiger partial charge < -0.3 is 16.0 Å². The highest BCUT2D eigenvalue weighted by Gasteiger charge is 2.32. The SMILES string of the molecule is CC(CCC(=O)NCC1CCCN2CCCC[C@@H]12)C(N)=O. The van der Waals surface area contributed by atoms with E-state index < -0.39 is 0 Å². The summed E-state index contributed by atoms with van der Waals surface area (Å²) in [6, 6.07) is 0.664. The first-order valence-corrected chi connectivity index (χ1v) is 8.38. The van der Waals surface area contributed by atoms with Crippen molar-refractivity contribution in [3.63, 3.8) is 0 Å². The van der Waals surface area contributed by atoms with E-state index in [1.165, 1.54) is 45.2 Å². The summed E-state index contributed by atoms with van der Waals surface area (Å²) in [5, 5.41) is 3.06. The number of hydrogen-bond donors (Lipinski definition) is 2. The van der Waals surface area contributed by atoms with Crippen LogP contribution in [0.2, 0.25) is 0 Å². The molecule has 120 valence electrons. The fourth-order valence-corrected chi connectivity index (χ4v) is 3.64. The third kappa shape index (κ3) is 4.70. The largest absolute Gasteiger partial charge is 0.369 e. The van der Waals surface area contributed by atoms with Crippen LogP contribution in [-0.4, -0.2) is 42.4 Å². The molecule has 2 fully saturated rings. The topological polar surface area (TPSA) is 75.4 Å². The number of fused-ring (bicyclic) bond motifs is 1. The number of nitrogens with zero attached hydrogens (tertiary/aromatic N) is 1. The van der Waals surface area contributed by atoms with Crippen molar-refractivity contribution in [1.82, 2.24) is 10.2 Å². The van der Waals surface area contributed by atoms with Crippen molar-refractivity contribution in [1.29, 1.82) is 0 Å². The molecule has 2 heterocycles. The maximum atomic E-state index is 11.9. The molecule has 0 radical (unpaired) electrons. The Hall–Kier alpha value is -1.10. The van der Waals surface area contributed by atoms with Gasteiger partial charge in [0.2, 0.25) is 11.8 Å². The van der Waals surface area contributed by atoms with Gasteiger partial charge in [-0.3, -0.25) is 9.59 Å². The fraction of sp³-hybridized carbons (Fsp3) is 0.875. The van der Waals surface area contributed by atoms with Gasteiger partial charge in [0.25, 0.3) is 0 Å². The van der Waals surface area contributed by atoms with E-state index in [9.17, 15) is 9.59 Å². The molecule has 21 heavy (non-hydrogen) atoms. The van der Waals surface area contributed by atoms with Crippen LogP contribution in [0.3, 0.4) is 0 Å². The molecular formula is C16H29N3O2. The zero-order valence-corrected chi connectivity index (χ0v) is 13.1. The molecule has 0 aromatic rings. The van der Waals surface area contributed by atoms with Crippen molar-refractivity contribution in [3.8, 4) is 0 Å². The first-order chi connectivity index (χ1) is 10.1. The summed E-state index contributed by atoms with van der Waals surface area (Å²) in [5.41, 5.74) is 5.21. The Labute approximate surface area is 127 Å². The van der Waals surface area contributed by atoms with Crippen LogP contribution in [0.5, 0.6) is 0 Å². The predicted molar refractivity (Wildman–Crippen MR) is 82.5 cm³/mol. The Morgan fingerprint density at radius 2 is 2.00 bits per heavy atom. The summed E-state index contributed by atoms with van der Waals surface area (Å²) in [6.45, 7) is 5.01. The third-order valence-corrected chi connectivity index (χ3v) is 5.08. The second kappa shape index (κ2) is 7.78. The molecule has 2 saturated heterocycles. The summed E-state index contributed by atoms with van der Waals surface area (Å²) >= 11 is 0. The van der Waals surface area contributed by atoms with Gasteiger partial charge in [-0.25, -0.2) is 0 Å². The van der Waals surface area contributed by atoms with Crippen molar-refractivity contribution in [2.75, 3.05) is 19.6 Å². The van der Waals surface area contributed by atoms with Crippen LogP contribution in [-0.2, 0) is 9.59 Å². The zero-order valence-electron chi connectivity index (χ0n) is 13.1. The second-order valence-electron chi connectivity index (χ2n) is 6.65. The first-order valence-electron chi connectivity index (χ1n) is 8.38. The molecule has 2 amide bonds.